The van der Waals surface area contributed by atoms with Crippen molar-refractivity contribution in [2.45, 2.75) is 66.0 Å². The number of hydrogen-bond acceptors (Lipinski definition) is 2. The number of amides is 1. The van der Waals surface area contributed by atoms with E-state index >= 15 is 0 Å². The molecule has 0 saturated heterocycles. The molecule has 0 atom stereocenters. The van der Waals surface area contributed by atoms with Crippen LogP contribution in [-0.4, -0.2) is 26.9 Å². The minimum atomic E-state index is 0.0693. The zero-order chi connectivity index (χ0) is 22.1. The first-order valence-corrected chi connectivity index (χ1v) is 11.7. The van der Waals surface area contributed by atoms with Crippen LogP contribution in [0.5, 0.6) is 0 Å². The second-order valence-electron chi connectivity index (χ2n) is 9.35. The molecule has 0 unspecified atom stereocenters. The van der Waals surface area contributed by atoms with E-state index in [1.807, 2.05) is 41.3 Å². The first-order valence-electron chi connectivity index (χ1n) is 11.4. The second kappa shape index (κ2) is 9.04. The summed E-state index contributed by atoms with van der Waals surface area (Å²) in [5, 5.41) is 0.725. The average Bonchev–Trinajstić information content (AvgIpc) is 3.35. The third kappa shape index (κ3) is 4.64. The van der Waals surface area contributed by atoms with Crippen LogP contribution in [0.4, 0.5) is 0 Å². The Labute approximate surface area is 190 Å². The predicted molar refractivity (Wildman–Crippen MR) is 128 cm³/mol. The van der Waals surface area contributed by atoms with E-state index in [4.69, 9.17) is 16.6 Å². The molecule has 0 N–H and O–H groups in total. The Bertz CT molecular complexity index is 1100. The van der Waals surface area contributed by atoms with E-state index in [-0.39, 0.29) is 5.91 Å². The van der Waals surface area contributed by atoms with E-state index in [9.17, 15) is 4.79 Å². The average molecular weight is 438 g/mol. The number of carbonyl (C=O) groups is 1. The van der Waals surface area contributed by atoms with Gasteiger partial charge in [0.15, 0.2) is 0 Å². The molecule has 1 aliphatic carbocycles. The number of aryl methyl sites for hydroxylation is 2. The van der Waals surface area contributed by atoms with Crippen molar-refractivity contribution in [1.29, 1.82) is 0 Å². The van der Waals surface area contributed by atoms with Gasteiger partial charge in [-0.2, -0.15) is 0 Å². The lowest BCUT2D eigenvalue weighted by atomic mass is 10.0. The van der Waals surface area contributed by atoms with Gasteiger partial charge < -0.3 is 9.47 Å². The first-order chi connectivity index (χ1) is 14.8. The van der Waals surface area contributed by atoms with E-state index in [1.54, 1.807) is 0 Å². The largest absolute Gasteiger partial charge is 0.331 e. The summed E-state index contributed by atoms with van der Waals surface area (Å²) >= 11 is 6.33. The summed E-state index contributed by atoms with van der Waals surface area (Å²) in [5.41, 5.74) is 5.12. The Morgan fingerprint density at radius 2 is 1.87 bits per heavy atom. The van der Waals surface area contributed by atoms with Gasteiger partial charge in [-0.15, -0.1) is 0 Å². The molecule has 0 bridgehead atoms. The van der Waals surface area contributed by atoms with Crippen LogP contribution in [0.1, 0.15) is 72.9 Å². The molecule has 1 aromatic heterocycles. The Kier molecular flexibility index (Phi) is 6.38. The fourth-order valence-corrected chi connectivity index (χ4v) is 4.85. The summed E-state index contributed by atoms with van der Waals surface area (Å²) in [6.07, 6.45) is 4.78. The summed E-state index contributed by atoms with van der Waals surface area (Å²) < 4.78 is 2.36. The third-order valence-corrected chi connectivity index (χ3v) is 6.61. The van der Waals surface area contributed by atoms with Crippen molar-refractivity contribution in [1.82, 2.24) is 14.5 Å². The van der Waals surface area contributed by atoms with E-state index in [0.717, 1.165) is 45.8 Å². The quantitative estimate of drug-likeness (QED) is 0.429. The van der Waals surface area contributed by atoms with Crippen LogP contribution >= 0.6 is 11.6 Å². The fourth-order valence-electron chi connectivity index (χ4n) is 4.69. The van der Waals surface area contributed by atoms with E-state index < -0.39 is 0 Å². The molecule has 0 aliphatic heterocycles. The number of benzene rings is 2. The van der Waals surface area contributed by atoms with Gasteiger partial charge in [0.25, 0.3) is 5.91 Å². The topological polar surface area (TPSA) is 38.1 Å². The lowest BCUT2D eigenvalue weighted by Gasteiger charge is -2.26. The van der Waals surface area contributed by atoms with Gasteiger partial charge in [-0.25, -0.2) is 4.98 Å². The van der Waals surface area contributed by atoms with Crippen LogP contribution in [0.25, 0.3) is 11.0 Å². The van der Waals surface area contributed by atoms with Crippen LogP contribution in [0.15, 0.2) is 36.4 Å². The van der Waals surface area contributed by atoms with Gasteiger partial charge >= 0.3 is 0 Å². The molecule has 1 fully saturated rings. The van der Waals surface area contributed by atoms with Crippen molar-refractivity contribution >= 4 is 28.5 Å². The van der Waals surface area contributed by atoms with Crippen molar-refractivity contribution in [3.05, 3.63) is 63.9 Å². The smallest absolute Gasteiger partial charge is 0.254 e. The number of hydrogen-bond donors (Lipinski definition) is 0. The highest BCUT2D eigenvalue weighted by Gasteiger charge is 2.26. The molecule has 164 valence electrons. The number of carbonyl (C=O) groups excluding carboxylic acids is 1. The van der Waals surface area contributed by atoms with Crippen LogP contribution in [-0.2, 0) is 6.54 Å². The molecule has 4 nitrogen and oxygen atoms in total. The highest BCUT2D eigenvalue weighted by molar-refractivity contribution is 6.31. The molecule has 31 heavy (non-hydrogen) atoms. The van der Waals surface area contributed by atoms with Gasteiger partial charge in [0.05, 0.1) is 17.6 Å². The summed E-state index contributed by atoms with van der Waals surface area (Å²) in [7, 11) is 0. The molecule has 1 aliphatic rings. The zero-order valence-corrected chi connectivity index (χ0v) is 19.7. The molecule has 1 heterocycles. The van der Waals surface area contributed by atoms with Crippen molar-refractivity contribution in [2.75, 3.05) is 6.54 Å². The molecule has 1 amide bonds. The van der Waals surface area contributed by atoms with Gasteiger partial charge in [-0.1, -0.05) is 44.4 Å². The standard InChI is InChI=1S/C26H32ClN3O/c1-17(2)15-29(26(31)20-10-9-18(3)19(4)13-20)16-25-28-23-12-11-21(27)14-24(23)30(25)22-7-5-6-8-22/h9-14,17,22H,5-8,15-16H2,1-4H3. The van der Waals surface area contributed by atoms with Crippen LogP contribution in [0.3, 0.4) is 0 Å². The monoisotopic (exact) mass is 437 g/mol. The van der Waals surface area contributed by atoms with E-state index in [1.165, 1.54) is 18.4 Å². The number of halogens is 1. The van der Waals surface area contributed by atoms with Crippen LogP contribution in [0, 0.1) is 19.8 Å². The molecule has 5 heteroatoms. The van der Waals surface area contributed by atoms with Crippen molar-refractivity contribution in [3.8, 4) is 0 Å². The first kappa shape index (κ1) is 21.9. The summed E-state index contributed by atoms with van der Waals surface area (Å²) in [6.45, 7) is 9.64. The number of fused-ring (bicyclic) bond motifs is 1. The molecule has 0 spiro atoms. The number of nitrogens with zero attached hydrogens (tertiary/aromatic N) is 3. The molecule has 0 radical (unpaired) electrons. The molecule has 3 aromatic rings. The van der Waals surface area contributed by atoms with Gasteiger partial charge in [0.2, 0.25) is 0 Å². The maximum Gasteiger partial charge on any atom is 0.254 e. The zero-order valence-electron chi connectivity index (χ0n) is 19.0. The number of imidazole rings is 1. The molecular formula is C26H32ClN3O. The highest BCUT2D eigenvalue weighted by atomic mass is 35.5. The molecular weight excluding hydrogens is 406 g/mol. The minimum absolute atomic E-state index is 0.0693. The SMILES string of the molecule is Cc1ccc(C(=O)N(Cc2nc3ccc(Cl)cc3n2C2CCCC2)CC(C)C)cc1C. The van der Waals surface area contributed by atoms with Crippen molar-refractivity contribution in [2.24, 2.45) is 5.92 Å². The Morgan fingerprint density at radius 3 is 2.55 bits per heavy atom. The van der Waals surface area contributed by atoms with Crippen molar-refractivity contribution in [3.63, 3.8) is 0 Å². The fraction of sp³-hybridized carbons (Fsp3) is 0.462. The summed E-state index contributed by atoms with van der Waals surface area (Å²) in [4.78, 5) is 20.4. The second-order valence-corrected chi connectivity index (χ2v) is 9.78. The minimum Gasteiger partial charge on any atom is -0.331 e. The highest BCUT2D eigenvalue weighted by Crippen LogP contribution is 2.35. The predicted octanol–water partition coefficient (Wildman–Crippen LogP) is 6.72. The maximum absolute atomic E-state index is 13.5. The van der Waals surface area contributed by atoms with Gasteiger partial charge in [0.1, 0.15) is 5.82 Å². The lowest BCUT2D eigenvalue weighted by Crippen LogP contribution is -2.35. The van der Waals surface area contributed by atoms with Crippen molar-refractivity contribution < 1.29 is 4.79 Å². The van der Waals surface area contributed by atoms with Gasteiger partial charge in [-0.05, 0) is 74.1 Å². The Hall–Kier alpha value is -2.33. The summed E-state index contributed by atoms with van der Waals surface area (Å²) in [6, 6.07) is 12.3. The molecule has 1 saturated carbocycles. The Balaban J connectivity index is 1.73. The van der Waals surface area contributed by atoms with Gasteiger partial charge in [0, 0.05) is 23.2 Å². The Morgan fingerprint density at radius 1 is 1.13 bits per heavy atom. The lowest BCUT2D eigenvalue weighted by molar-refractivity contribution is 0.0715. The van der Waals surface area contributed by atoms with Crippen LogP contribution in [0.2, 0.25) is 5.02 Å². The molecule has 2 aromatic carbocycles. The number of rotatable bonds is 6. The van der Waals surface area contributed by atoms with E-state index in [2.05, 4.69) is 32.3 Å². The normalized spacial score (nSPS) is 14.6. The third-order valence-electron chi connectivity index (χ3n) is 6.37. The molecule has 4 rings (SSSR count). The summed E-state index contributed by atoms with van der Waals surface area (Å²) in [5.74, 6) is 1.40. The van der Waals surface area contributed by atoms with Crippen LogP contribution < -0.4 is 0 Å². The van der Waals surface area contributed by atoms with Gasteiger partial charge in [-0.3, -0.25) is 4.79 Å². The maximum atomic E-state index is 13.5. The number of aromatic nitrogens is 2. The van der Waals surface area contributed by atoms with E-state index in [0.29, 0.717) is 25.0 Å².